The fraction of sp³-hybridized carbons (Fsp3) is 0.133. The highest BCUT2D eigenvalue weighted by molar-refractivity contribution is 9.10. The summed E-state index contributed by atoms with van der Waals surface area (Å²) in [6.07, 6.45) is 0. The first-order valence-electron chi connectivity index (χ1n) is 6.43. The van der Waals surface area contributed by atoms with Gasteiger partial charge in [-0.15, -0.1) is 0 Å². The van der Waals surface area contributed by atoms with Gasteiger partial charge in [-0.05, 0) is 40.2 Å². The number of benzene rings is 1. The predicted octanol–water partition coefficient (Wildman–Crippen LogP) is 2.34. The van der Waals surface area contributed by atoms with Crippen molar-refractivity contribution >= 4 is 33.6 Å². The van der Waals surface area contributed by atoms with Gasteiger partial charge < -0.3 is 14.5 Å². The first-order valence-corrected chi connectivity index (χ1v) is 7.23. The minimum atomic E-state index is -0.797. The van der Waals surface area contributed by atoms with E-state index < -0.39 is 36.6 Å². The first-order chi connectivity index (χ1) is 11.0. The smallest absolute Gasteiger partial charge is 0.325 e. The van der Waals surface area contributed by atoms with Gasteiger partial charge in [0.25, 0.3) is 5.91 Å². The normalized spacial score (nSPS) is 10.2. The van der Waals surface area contributed by atoms with Crippen LogP contribution in [-0.4, -0.2) is 30.8 Å². The molecule has 0 atom stereocenters. The second-order valence-electron chi connectivity index (χ2n) is 4.38. The van der Waals surface area contributed by atoms with Crippen LogP contribution in [0.1, 0.15) is 20.9 Å². The largest absolute Gasteiger partial charge is 0.456 e. The van der Waals surface area contributed by atoms with Crippen molar-refractivity contribution in [3.8, 4) is 0 Å². The Morgan fingerprint density at radius 2 is 2.00 bits per heavy atom. The summed E-state index contributed by atoms with van der Waals surface area (Å²) in [6.45, 7) is -0.960. The van der Waals surface area contributed by atoms with Gasteiger partial charge in [0.2, 0.25) is 0 Å². The van der Waals surface area contributed by atoms with Crippen molar-refractivity contribution in [1.82, 2.24) is 5.32 Å². The van der Waals surface area contributed by atoms with Crippen molar-refractivity contribution in [2.24, 2.45) is 0 Å². The molecule has 2 rings (SSSR count). The van der Waals surface area contributed by atoms with E-state index in [-0.39, 0.29) is 11.3 Å². The lowest BCUT2D eigenvalue weighted by molar-refractivity contribution is -0.141. The average molecular weight is 384 g/mol. The topological polar surface area (TPSA) is 85.6 Å². The van der Waals surface area contributed by atoms with E-state index in [0.29, 0.717) is 4.67 Å². The van der Waals surface area contributed by atoms with E-state index in [2.05, 4.69) is 21.2 Å². The molecule has 1 aromatic carbocycles. The molecule has 0 spiro atoms. The van der Waals surface area contributed by atoms with Crippen molar-refractivity contribution in [2.45, 2.75) is 0 Å². The first kappa shape index (κ1) is 16.9. The highest BCUT2D eigenvalue weighted by Crippen LogP contribution is 2.13. The summed E-state index contributed by atoms with van der Waals surface area (Å²) in [5.74, 6) is -2.46. The van der Waals surface area contributed by atoms with Crippen LogP contribution in [0.5, 0.6) is 0 Å². The number of amides is 1. The Bertz CT molecular complexity index is 743. The number of ketones is 1. The lowest BCUT2D eigenvalue weighted by atomic mass is 10.1. The highest BCUT2D eigenvalue weighted by Gasteiger charge is 2.14. The van der Waals surface area contributed by atoms with E-state index in [4.69, 9.17) is 9.15 Å². The zero-order valence-corrected chi connectivity index (χ0v) is 13.3. The van der Waals surface area contributed by atoms with Gasteiger partial charge in [0, 0.05) is 5.56 Å². The number of carbonyl (C=O) groups excluding carboxylic acids is 3. The Morgan fingerprint density at radius 3 is 2.65 bits per heavy atom. The summed E-state index contributed by atoms with van der Waals surface area (Å²) in [7, 11) is 0. The molecule has 0 bridgehead atoms. The van der Waals surface area contributed by atoms with Gasteiger partial charge in [-0.3, -0.25) is 14.4 Å². The molecule has 0 saturated heterocycles. The number of hydrogen-bond acceptors (Lipinski definition) is 5. The zero-order valence-electron chi connectivity index (χ0n) is 11.7. The SMILES string of the molecule is O=C(CNC(=O)c1ccc(Br)o1)OCC(=O)c1cccc(F)c1. The summed E-state index contributed by atoms with van der Waals surface area (Å²) in [5.41, 5.74) is 0.0993. The van der Waals surface area contributed by atoms with E-state index in [1.807, 2.05) is 0 Å². The minimum Gasteiger partial charge on any atom is -0.456 e. The van der Waals surface area contributed by atoms with Crippen molar-refractivity contribution in [3.05, 3.63) is 58.2 Å². The zero-order chi connectivity index (χ0) is 16.8. The molecule has 1 amide bonds. The molecule has 0 aliphatic carbocycles. The Morgan fingerprint density at radius 1 is 1.22 bits per heavy atom. The molecule has 1 N–H and O–H groups in total. The van der Waals surface area contributed by atoms with Gasteiger partial charge in [0.1, 0.15) is 12.4 Å². The average Bonchev–Trinajstić information content (AvgIpc) is 2.96. The monoisotopic (exact) mass is 383 g/mol. The van der Waals surface area contributed by atoms with Gasteiger partial charge in [-0.25, -0.2) is 4.39 Å². The van der Waals surface area contributed by atoms with Crippen LogP contribution in [0.4, 0.5) is 4.39 Å². The van der Waals surface area contributed by atoms with Crippen LogP contribution in [-0.2, 0) is 9.53 Å². The summed E-state index contributed by atoms with van der Waals surface area (Å²) >= 11 is 3.05. The van der Waals surface area contributed by atoms with E-state index in [0.717, 1.165) is 6.07 Å². The van der Waals surface area contributed by atoms with Crippen LogP contribution in [0.25, 0.3) is 0 Å². The minimum absolute atomic E-state index is 0.0283. The third kappa shape index (κ3) is 5.03. The number of Topliss-reactive ketones (excluding diaryl/α,β-unsaturated/α-hetero) is 1. The number of nitrogens with one attached hydrogen (secondary N) is 1. The van der Waals surface area contributed by atoms with E-state index in [1.165, 1.54) is 30.3 Å². The van der Waals surface area contributed by atoms with Crippen LogP contribution in [0.15, 0.2) is 45.5 Å². The maximum absolute atomic E-state index is 13.0. The third-order valence-corrected chi connectivity index (χ3v) is 3.13. The molecule has 2 aromatic rings. The standard InChI is InChI=1S/C15H11BrFNO5/c16-13-5-4-12(23-13)15(21)18-7-14(20)22-8-11(19)9-2-1-3-10(17)6-9/h1-6H,7-8H2,(H,18,21). The Balaban J connectivity index is 1.77. The number of furan rings is 1. The molecular formula is C15H11BrFNO5. The number of hydrogen-bond donors (Lipinski definition) is 1. The van der Waals surface area contributed by atoms with Gasteiger partial charge in [0.15, 0.2) is 22.8 Å². The van der Waals surface area contributed by atoms with Crippen LogP contribution in [0.2, 0.25) is 0 Å². The Labute approximate surface area is 138 Å². The molecule has 23 heavy (non-hydrogen) atoms. The molecule has 8 heteroatoms. The molecule has 0 radical (unpaired) electrons. The maximum atomic E-state index is 13.0. The number of halogens is 2. The van der Waals surface area contributed by atoms with Crippen LogP contribution in [0, 0.1) is 5.82 Å². The summed E-state index contributed by atoms with van der Waals surface area (Å²) < 4.78 is 23.1. The summed E-state index contributed by atoms with van der Waals surface area (Å²) in [6, 6.07) is 8.00. The molecule has 120 valence electrons. The molecule has 0 unspecified atom stereocenters. The summed E-state index contributed by atoms with van der Waals surface area (Å²) in [4.78, 5) is 34.8. The lowest BCUT2D eigenvalue weighted by Gasteiger charge is -2.05. The molecule has 0 saturated carbocycles. The molecule has 0 aliphatic rings. The number of esters is 1. The van der Waals surface area contributed by atoms with Gasteiger partial charge in [0.05, 0.1) is 0 Å². The highest BCUT2D eigenvalue weighted by atomic mass is 79.9. The van der Waals surface area contributed by atoms with E-state index >= 15 is 0 Å². The lowest BCUT2D eigenvalue weighted by Crippen LogP contribution is -2.31. The van der Waals surface area contributed by atoms with Gasteiger partial charge in [-0.1, -0.05) is 12.1 Å². The Hall–Kier alpha value is -2.48. The quantitative estimate of drug-likeness (QED) is 0.611. The second-order valence-corrected chi connectivity index (χ2v) is 5.16. The fourth-order valence-corrected chi connectivity index (χ4v) is 1.92. The third-order valence-electron chi connectivity index (χ3n) is 2.70. The van der Waals surface area contributed by atoms with Crippen molar-refractivity contribution in [2.75, 3.05) is 13.2 Å². The maximum Gasteiger partial charge on any atom is 0.325 e. The van der Waals surface area contributed by atoms with Gasteiger partial charge >= 0.3 is 5.97 Å². The molecule has 1 heterocycles. The molecular weight excluding hydrogens is 373 g/mol. The second kappa shape index (κ2) is 7.68. The van der Waals surface area contributed by atoms with Crippen molar-refractivity contribution in [3.63, 3.8) is 0 Å². The van der Waals surface area contributed by atoms with Gasteiger partial charge in [-0.2, -0.15) is 0 Å². The van der Waals surface area contributed by atoms with Crippen LogP contribution >= 0.6 is 15.9 Å². The van der Waals surface area contributed by atoms with Crippen molar-refractivity contribution in [1.29, 1.82) is 0 Å². The number of ether oxygens (including phenoxy) is 1. The Kier molecular flexibility index (Phi) is 5.64. The van der Waals surface area contributed by atoms with Crippen LogP contribution in [0.3, 0.4) is 0 Å². The van der Waals surface area contributed by atoms with E-state index in [9.17, 15) is 18.8 Å². The fourth-order valence-electron chi connectivity index (χ4n) is 1.62. The van der Waals surface area contributed by atoms with Crippen LogP contribution < -0.4 is 5.32 Å². The molecule has 6 nitrogen and oxygen atoms in total. The number of rotatable bonds is 6. The predicted molar refractivity (Wildman–Crippen MR) is 80.4 cm³/mol. The van der Waals surface area contributed by atoms with Crippen molar-refractivity contribution < 1.29 is 27.9 Å². The summed E-state index contributed by atoms with van der Waals surface area (Å²) in [5, 5.41) is 2.29. The molecule has 1 aromatic heterocycles. The van der Waals surface area contributed by atoms with E-state index in [1.54, 1.807) is 0 Å². The molecule has 0 fully saturated rings. The molecule has 0 aliphatic heterocycles. The number of carbonyl (C=O) groups is 3.